The lowest BCUT2D eigenvalue weighted by atomic mass is 10.1. The van der Waals surface area contributed by atoms with Crippen LogP contribution in [0.25, 0.3) is 0 Å². The number of nitrogens with one attached hydrogen (secondary N) is 1. The first-order valence-corrected chi connectivity index (χ1v) is 8.34. The van der Waals surface area contributed by atoms with Gasteiger partial charge in [0.2, 0.25) is 0 Å². The highest BCUT2D eigenvalue weighted by atomic mass is 16.6. The molecule has 1 saturated heterocycles. The molecule has 0 aliphatic carbocycles. The van der Waals surface area contributed by atoms with Crippen molar-refractivity contribution in [3.8, 4) is 0 Å². The number of nitrogens with zero attached hydrogens (tertiary/aromatic N) is 1. The van der Waals surface area contributed by atoms with Crippen molar-refractivity contribution in [2.75, 3.05) is 19.7 Å². The standard InChI is InChI=1S/C18H26N2O5/c1-18(2,3)25-16(22)19-15-10-20(9-14(15)11-21)17(23)24-12-13-7-5-4-6-8-13/h4-8,14-15,21H,9-12H2,1-3H3,(H,19,22)/t14-,15+/m0/s1. The average Bonchev–Trinajstić information content (AvgIpc) is 2.94. The molecule has 0 bridgehead atoms. The number of carbonyl (C=O) groups excluding carboxylic acids is 2. The Bertz CT molecular complexity index is 585. The van der Waals surface area contributed by atoms with E-state index in [0.717, 1.165) is 5.56 Å². The van der Waals surface area contributed by atoms with Crippen molar-refractivity contribution in [3.63, 3.8) is 0 Å². The van der Waals surface area contributed by atoms with Gasteiger partial charge in [0, 0.05) is 25.6 Å². The number of hydrogen-bond acceptors (Lipinski definition) is 5. The van der Waals surface area contributed by atoms with Crippen LogP contribution in [0.5, 0.6) is 0 Å². The number of aliphatic hydroxyl groups excluding tert-OH is 1. The molecule has 7 nitrogen and oxygen atoms in total. The number of likely N-dealkylation sites (tertiary alicyclic amines) is 1. The third kappa shape index (κ3) is 5.94. The van der Waals surface area contributed by atoms with Crippen molar-refractivity contribution in [2.24, 2.45) is 5.92 Å². The summed E-state index contributed by atoms with van der Waals surface area (Å²) in [7, 11) is 0. The normalized spacial score (nSPS) is 20.2. The lowest BCUT2D eigenvalue weighted by molar-refractivity contribution is 0.0486. The number of benzene rings is 1. The number of ether oxygens (including phenoxy) is 2. The van der Waals surface area contributed by atoms with Gasteiger partial charge in [-0.25, -0.2) is 9.59 Å². The number of aliphatic hydroxyl groups is 1. The van der Waals surface area contributed by atoms with Crippen molar-refractivity contribution in [3.05, 3.63) is 35.9 Å². The van der Waals surface area contributed by atoms with Crippen molar-refractivity contribution in [1.29, 1.82) is 0 Å². The second kappa shape index (κ2) is 8.20. The van der Waals surface area contributed by atoms with Crippen LogP contribution in [0.2, 0.25) is 0 Å². The third-order valence-electron chi connectivity index (χ3n) is 3.84. The summed E-state index contributed by atoms with van der Waals surface area (Å²) in [6, 6.07) is 9.03. The van der Waals surface area contributed by atoms with Gasteiger partial charge >= 0.3 is 12.2 Å². The molecule has 2 amide bonds. The van der Waals surface area contributed by atoms with Crippen molar-refractivity contribution < 1.29 is 24.2 Å². The Morgan fingerprint density at radius 1 is 1.24 bits per heavy atom. The Morgan fingerprint density at radius 3 is 2.52 bits per heavy atom. The molecule has 0 unspecified atom stereocenters. The van der Waals surface area contributed by atoms with Crippen LogP contribution in [-0.4, -0.2) is 53.5 Å². The van der Waals surface area contributed by atoms with E-state index in [1.165, 1.54) is 4.90 Å². The maximum absolute atomic E-state index is 12.2. The zero-order valence-corrected chi connectivity index (χ0v) is 14.9. The molecule has 25 heavy (non-hydrogen) atoms. The first-order valence-electron chi connectivity index (χ1n) is 8.34. The fraction of sp³-hybridized carbons (Fsp3) is 0.556. The van der Waals surface area contributed by atoms with Crippen LogP contribution in [0, 0.1) is 5.92 Å². The molecule has 0 spiro atoms. The molecule has 1 aromatic carbocycles. The lowest BCUT2D eigenvalue weighted by Crippen LogP contribution is -2.44. The molecule has 1 aliphatic rings. The second-order valence-corrected chi connectivity index (χ2v) is 7.14. The van der Waals surface area contributed by atoms with E-state index >= 15 is 0 Å². The van der Waals surface area contributed by atoms with Crippen LogP contribution in [0.4, 0.5) is 9.59 Å². The number of alkyl carbamates (subject to hydrolysis) is 1. The zero-order valence-electron chi connectivity index (χ0n) is 14.9. The zero-order chi connectivity index (χ0) is 18.4. The van der Waals surface area contributed by atoms with E-state index < -0.39 is 17.8 Å². The van der Waals surface area contributed by atoms with E-state index in [0.29, 0.717) is 6.54 Å². The Kier molecular flexibility index (Phi) is 6.25. The highest BCUT2D eigenvalue weighted by molar-refractivity contribution is 5.70. The van der Waals surface area contributed by atoms with E-state index in [-0.39, 0.29) is 31.7 Å². The monoisotopic (exact) mass is 350 g/mol. The predicted molar refractivity (Wildman–Crippen MR) is 91.9 cm³/mol. The maximum Gasteiger partial charge on any atom is 0.410 e. The van der Waals surface area contributed by atoms with Crippen molar-refractivity contribution in [2.45, 2.75) is 39.0 Å². The summed E-state index contributed by atoms with van der Waals surface area (Å²) in [5, 5.41) is 12.2. The largest absolute Gasteiger partial charge is 0.445 e. The molecular weight excluding hydrogens is 324 g/mol. The number of rotatable bonds is 4. The number of carbonyl (C=O) groups is 2. The number of amides is 2. The van der Waals surface area contributed by atoms with Crippen molar-refractivity contribution >= 4 is 12.2 Å². The Balaban J connectivity index is 1.87. The minimum atomic E-state index is -0.605. The number of hydrogen-bond donors (Lipinski definition) is 2. The molecule has 1 aromatic rings. The van der Waals surface area contributed by atoms with Crippen LogP contribution in [0.15, 0.2) is 30.3 Å². The SMILES string of the molecule is CC(C)(C)OC(=O)N[C@@H]1CN(C(=O)OCc2ccccc2)C[C@H]1CO. The van der Waals surface area contributed by atoms with Crippen LogP contribution in [0.3, 0.4) is 0 Å². The van der Waals surface area contributed by atoms with Gasteiger partial charge < -0.3 is 24.8 Å². The van der Waals surface area contributed by atoms with E-state index in [1.54, 1.807) is 20.8 Å². The quantitative estimate of drug-likeness (QED) is 0.869. The molecule has 1 fully saturated rings. The molecule has 0 aromatic heterocycles. The van der Waals surface area contributed by atoms with E-state index in [1.807, 2.05) is 30.3 Å². The molecule has 2 N–H and O–H groups in total. The summed E-state index contributed by atoms with van der Waals surface area (Å²) < 4.78 is 10.5. The summed E-state index contributed by atoms with van der Waals surface area (Å²) in [5.74, 6) is -0.253. The van der Waals surface area contributed by atoms with Gasteiger partial charge in [-0.2, -0.15) is 0 Å². The summed E-state index contributed by atoms with van der Waals surface area (Å²) >= 11 is 0. The van der Waals surface area contributed by atoms with Crippen LogP contribution in [-0.2, 0) is 16.1 Å². The topological polar surface area (TPSA) is 88.1 Å². The van der Waals surface area contributed by atoms with Gasteiger partial charge in [0.25, 0.3) is 0 Å². The van der Waals surface area contributed by atoms with Gasteiger partial charge in [0.1, 0.15) is 12.2 Å². The van der Waals surface area contributed by atoms with Gasteiger partial charge in [-0.15, -0.1) is 0 Å². The average molecular weight is 350 g/mol. The summed E-state index contributed by atoms with van der Waals surface area (Å²) in [6.45, 7) is 5.98. The third-order valence-corrected chi connectivity index (χ3v) is 3.84. The van der Waals surface area contributed by atoms with E-state index in [2.05, 4.69) is 5.32 Å². The highest BCUT2D eigenvalue weighted by Gasteiger charge is 2.37. The van der Waals surface area contributed by atoms with Crippen LogP contribution in [0.1, 0.15) is 26.3 Å². The fourth-order valence-electron chi connectivity index (χ4n) is 2.64. The molecule has 2 rings (SSSR count). The Labute approximate surface area is 147 Å². The van der Waals surface area contributed by atoms with E-state index in [9.17, 15) is 14.7 Å². The van der Waals surface area contributed by atoms with Gasteiger partial charge in [0.05, 0.1) is 6.04 Å². The fourth-order valence-corrected chi connectivity index (χ4v) is 2.64. The molecular formula is C18H26N2O5. The molecule has 2 atom stereocenters. The highest BCUT2D eigenvalue weighted by Crippen LogP contribution is 2.19. The van der Waals surface area contributed by atoms with Crippen molar-refractivity contribution in [1.82, 2.24) is 10.2 Å². The van der Waals surface area contributed by atoms with E-state index in [4.69, 9.17) is 9.47 Å². The van der Waals surface area contributed by atoms with Crippen LogP contribution < -0.4 is 5.32 Å². The molecule has 1 aliphatic heterocycles. The smallest absolute Gasteiger partial charge is 0.410 e. The Morgan fingerprint density at radius 2 is 1.92 bits per heavy atom. The van der Waals surface area contributed by atoms with Crippen LogP contribution >= 0.6 is 0 Å². The summed E-state index contributed by atoms with van der Waals surface area (Å²) in [5.41, 5.74) is 0.295. The van der Waals surface area contributed by atoms with Gasteiger partial charge in [-0.1, -0.05) is 30.3 Å². The first-order chi connectivity index (χ1) is 11.8. The summed E-state index contributed by atoms with van der Waals surface area (Å²) in [6.07, 6.45) is -1.02. The molecule has 0 saturated carbocycles. The molecule has 1 heterocycles. The Hall–Kier alpha value is -2.28. The maximum atomic E-state index is 12.2. The van der Waals surface area contributed by atoms with Gasteiger partial charge in [-0.05, 0) is 26.3 Å². The van der Waals surface area contributed by atoms with Gasteiger partial charge in [-0.3, -0.25) is 0 Å². The van der Waals surface area contributed by atoms with Gasteiger partial charge in [0.15, 0.2) is 0 Å². The lowest BCUT2D eigenvalue weighted by Gasteiger charge is -2.23. The molecule has 7 heteroatoms. The molecule has 0 radical (unpaired) electrons. The predicted octanol–water partition coefficient (Wildman–Crippen LogP) is 2.14. The summed E-state index contributed by atoms with van der Waals surface area (Å²) in [4.78, 5) is 25.6. The first kappa shape index (κ1) is 19.1. The minimum Gasteiger partial charge on any atom is -0.445 e. The second-order valence-electron chi connectivity index (χ2n) is 7.14. The minimum absolute atomic E-state index is 0.136. The molecule has 138 valence electrons.